The van der Waals surface area contributed by atoms with Crippen molar-refractivity contribution in [3.8, 4) is 6.07 Å². The van der Waals surface area contributed by atoms with Crippen molar-refractivity contribution in [1.82, 2.24) is 9.88 Å². The quantitative estimate of drug-likeness (QED) is 0.721. The maximum Gasteiger partial charge on any atom is 0.417 e. The molecule has 2 rings (SSSR count). The first-order valence-corrected chi connectivity index (χ1v) is 8.89. The van der Waals surface area contributed by atoms with Crippen LogP contribution in [-0.2, 0) is 15.7 Å². The highest BCUT2D eigenvalue weighted by Crippen LogP contribution is 2.32. The lowest BCUT2D eigenvalue weighted by atomic mass is 10.1. The minimum absolute atomic E-state index is 0.181. The van der Waals surface area contributed by atoms with Gasteiger partial charge in [-0.2, -0.15) is 27.2 Å². The van der Waals surface area contributed by atoms with Gasteiger partial charge in [-0.15, -0.1) is 0 Å². The summed E-state index contributed by atoms with van der Waals surface area (Å²) in [6, 6.07) is 1.26. The highest BCUT2D eigenvalue weighted by atomic mass is 19.4. The van der Waals surface area contributed by atoms with Gasteiger partial charge >= 0.3 is 18.4 Å². The van der Waals surface area contributed by atoms with E-state index in [0.29, 0.717) is 12.3 Å². The van der Waals surface area contributed by atoms with Gasteiger partial charge in [0.15, 0.2) is 0 Å². The van der Waals surface area contributed by atoms with Gasteiger partial charge in [0.1, 0.15) is 24.0 Å². The summed E-state index contributed by atoms with van der Waals surface area (Å²) in [5.74, 6) is -0.181. The van der Waals surface area contributed by atoms with Crippen LogP contribution in [0.1, 0.15) is 38.8 Å². The normalized spacial score (nSPS) is 21.7. The molecule has 2 heterocycles. The molecule has 0 aliphatic carbocycles. The zero-order chi connectivity index (χ0) is 22.9. The van der Waals surface area contributed by atoms with Gasteiger partial charge in [-0.05, 0) is 33.8 Å². The van der Waals surface area contributed by atoms with Crippen molar-refractivity contribution in [2.45, 2.75) is 57.7 Å². The van der Waals surface area contributed by atoms with Crippen molar-refractivity contribution in [3.63, 3.8) is 0 Å². The molecule has 0 unspecified atom stereocenters. The lowest BCUT2D eigenvalue weighted by molar-refractivity contribution is -0.300. The molecule has 1 N–H and O–H groups in total. The average molecular weight is 436 g/mol. The number of morpholine rings is 1. The van der Waals surface area contributed by atoms with E-state index in [2.05, 4.69) is 15.0 Å². The van der Waals surface area contributed by atoms with Crippen LogP contribution in [0.5, 0.6) is 0 Å². The molecule has 0 saturated carbocycles. The second-order valence-corrected chi connectivity index (χ2v) is 7.75. The number of anilines is 1. The summed E-state index contributed by atoms with van der Waals surface area (Å²) in [5.41, 5.74) is -2.42. The number of nitrogens with one attached hydrogen (secondary N) is 1. The number of hydrogen-bond donors (Lipinski definition) is 1. The maximum absolute atomic E-state index is 13.9. The molecule has 7 nitrogen and oxygen atoms in total. The number of halogens is 5. The number of nitrogens with zero attached hydrogens (tertiary/aromatic N) is 3. The third-order valence-corrected chi connectivity index (χ3v) is 4.10. The minimum atomic E-state index is -4.68. The standard InChI is InChI=1S/C18H21F5N4O3/c1-10-13(27(9-17(19,20)29-10)15(28)30-16(2,3)4)8-26-14-11(6-24)5-12(7-25-14)18(21,22)23/h5,7,10,13H,8-9H2,1-4H3,(H,25,26)/t10-,13+/m0/s1. The van der Waals surface area contributed by atoms with Gasteiger partial charge in [-0.3, -0.25) is 4.90 Å². The van der Waals surface area contributed by atoms with Gasteiger partial charge in [0.25, 0.3) is 0 Å². The topological polar surface area (TPSA) is 87.5 Å². The first-order valence-electron chi connectivity index (χ1n) is 8.89. The van der Waals surface area contributed by atoms with E-state index in [1.54, 1.807) is 26.8 Å². The molecule has 166 valence electrons. The van der Waals surface area contributed by atoms with E-state index in [4.69, 9.17) is 10.00 Å². The Morgan fingerprint density at radius 3 is 2.60 bits per heavy atom. The number of pyridine rings is 1. The molecule has 1 aliphatic heterocycles. The van der Waals surface area contributed by atoms with Crippen LogP contribution < -0.4 is 5.32 Å². The van der Waals surface area contributed by atoms with E-state index in [0.717, 1.165) is 4.90 Å². The second kappa shape index (κ2) is 8.22. The highest BCUT2D eigenvalue weighted by Gasteiger charge is 2.48. The predicted octanol–water partition coefficient (Wildman–Crippen LogP) is 4.00. The van der Waals surface area contributed by atoms with Crippen LogP contribution in [0, 0.1) is 11.3 Å². The number of aromatic nitrogens is 1. The Bertz CT molecular complexity index is 833. The molecule has 1 saturated heterocycles. The number of nitriles is 1. The molecule has 0 bridgehead atoms. The molecule has 1 fully saturated rings. The number of alkyl halides is 5. The Morgan fingerprint density at radius 1 is 1.43 bits per heavy atom. The molecule has 0 radical (unpaired) electrons. The van der Waals surface area contributed by atoms with Gasteiger partial charge in [0.2, 0.25) is 0 Å². The van der Waals surface area contributed by atoms with Crippen LogP contribution in [-0.4, -0.2) is 52.9 Å². The number of carbonyl (C=O) groups is 1. The van der Waals surface area contributed by atoms with Gasteiger partial charge in [-0.25, -0.2) is 9.78 Å². The lowest BCUT2D eigenvalue weighted by Crippen LogP contribution is -2.61. The van der Waals surface area contributed by atoms with Crippen molar-refractivity contribution in [3.05, 3.63) is 23.4 Å². The van der Waals surface area contributed by atoms with Crippen LogP contribution in [0.25, 0.3) is 0 Å². The van der Waals surface area contributed by atoms with E-state index < -0.39 is 48.2 Å². The van der Waals surface area contributed by atoms with E-state index in [1.165, 1.54) is 6.92 Å². The van der Waals surface area contributed by atoms with Gasteiger partial charge in [0.05, 0.1) is 23.3 Å². The third kappa shape index (κ3) is 5.91. The first kappa shape index (κ1) is 23.6. The molecule has 12 heteroatoms. The second-order valence-electron chi connectivity index (χ2n) is 7.75. The third-order valence-electron chi connectivity index (χ3n) is 4.10. The van der Waals surface area contributed by atoms with Crippen LogP contribution in [0.15, 0.2) is 12.3 Å². The summed E-state index contributed by atoms with van der Waals surface area (Å²) in [5, 5.41) is 11.8. The van der Waals surface area contributed by atoms with Crippen molar-refractivity contribution in [2.24, 2.45) is 0 Å². The van der Waals surface area contributed by atoms with Crippen molar-refractivity contribution >= 4 is 11.9 Å². The molecule has 0 spiro atoms. The first-order chi connectivity index (χ1) is 13.6. The molecule has 0 aromatic carbocycles. The monoisotopic (exact) mass is 436 g/mol. The zero-order valence-corrected chi connectivity index (χ0v) is 16.7. The molecular formula is C18H21F5N4O3. The van der Waals surface area contributed by atoms with Crippen molar-refractivity contribution in [1.29, 1.82) is 5.26 Å². The molecule has 30 heavy (non-hydrogen) atoms. The van der Waals surface area contributed by atoms with Crippen LogP contribution in [0.2, 0.25) is 0 Å². The Hall–Kier alpha value is -2.68. The van der Waals surface area contributed by atoms with E-state index >= 15 is 0 Å². The van der Waals surface area contributed by atoms with Crippen LogP contribution in [0.3, 0.4) is 0 Å². The van der Waals surface area contributed by atoms with Gasteiger partial charge in [-0.1, -0.05) is 0 Å². The summed E-state index contributed by atoms with van der Waals surface area (Å²) < 4.78 is 75.9. The molecule has 1 amide bonds. The molecule has 1 aromatic heterocycles. The summed E-state index contributed by atoms with van der Waals surface area (Å²) >= 11 is 0. The number of carbonyl (C=O) groups excluding carboxylic acids is 1. The summed E-state index contributed by atoms with van der Waals surface area (Å²) in [4.78, 5) is 16.8. The number of rotatable bonds is 3. The smallest absolute Gasteiger partial charge is 0.417 e. The van der Waals surface area contributed by atoms with Crippen molar-refractivity contribution in [2.75, 3.05) is 18.4 Å². The Morgan fingerprint density at radius 2 is 2.07 bits per heavy atom. The maximum atomic E-state index is 13.9. The number of ether oxygens (including phenoxy) is 2. The fraction of sp³-hybridized carbons (Fsp3) is 0.611. The summed E-state index contributed by atoms with van der Waals surface area (Å²) in [6.45, 7) is 4.76. The molecule has 2 atom stereocenters. The average Bonchev–Trinajstić information content (AvgIpc) is 2.57. The SMILES string of the molecule is C[C@@H]1OC(F)(F)CN(C(=O)OC(C)(C)C)[C@@H]1CNc1ncc(C(F)(F)F)cc1C#N. The lowest BCUT2D eigenvalue weighted by Gasteiger charge is -2.43. The highest BCUT2D eigenvalue weighted by molar-refractivity contribution is 5.69. The van der Waals surface area contributed by atoms with Crippen LogP contribution in [0.4, 0.5) is 32.6 Å². The van der Waals surface area contributed by atoms with E-state index in [1.807, 2.05) is 0 Å². The fourth-order valence-corrected chi connectivity index (χ4v) is 2.80. The summed E-state index contributed by atoms with van der Waals surface area (Å²) in [6.07, 6.45) is -9.87. The number of amides is 1. The predicted molar refractivity (Wildman–Crippen MR) is 94.7 cm³/mol. The molecule has 1 aromatic rings. The van der Waals surface area contributed by atoms with Crippen LogP contribution >= 0.6 is 0 Å². The Labute approximate surface area is 169 Å². The minimum Gasteiger partial charge on any atom is -0.444 e. The fourth-order valence-electron chi connectivity index (χ4n) is 2.80. The molecule has 1 aliphatic rings. The van der Waals surface area contributed by atoms with Gasteiger partial charge < -0.3 is 14.8 Å². The Kier molecular flexibility index (Phi) is 6.46. The van der Waals surface area contributed by atoms with E-state index in [-0.39, 0.29) is 17.9 Å². The largest absolute Gasteiger partial charge is 0.444 e. The number of hydrogen-bond acceptors (Lipinski definition) is 6. The van der Waals surface area contributed by atoms with Crippen molar-refractivity contribution < 1.29 is 36.2 Å². The van der Waals surface area contributed by atoms with E-state index in [9.17, 15) is 26.7 Å². The summed E-state index contributed by atoms with van der Waals surface area (Å²) in [7, 11) is 0. The zero-order valence-electron chi connectivity index (χ0n) is 16.7. The molecular weight excluding hydrogens is 415 g/mol. The Balaban J connectivity index is 2.24. The van der Waals surface area contributed by atoms with Gasteiger partial charge in [0, 0.05) is 12.7 Å².